The topological polar surface area (TPSA) is 26.0 Å². The molecule has 1 aliphatic carbocycles. The van der Waals surface area contributed by atoms with Crippen LogP contribution in [-0.2, 0) is 12.0 Å². The first kappa shape index (κ1) is 12.5. The minimum absolute atomic E-state index is 0. The highest BCUT2D eigenvalue weighted by Crippen LogP contribution is 2.49. The Morgan fingerprint density at radius 1 is 1.27 bits per heavy atom. The summed E-state index contributed by atoms with van der Waals surface area (Å²) in [5.74, 6) is 0. The van der Waals surface area contributed by atoms with Crippen LogP contribution in [0, 0.1) is 5.41 Å². The van der Waals surface area contributed by atoms with Crippen molar-refractivity contribution in [2.75, 3.05) is 0 Å². The lowest BCUT2D eigenvalue weighted by molar-refractivity contribution is 0.175. The fraction of sp³-hybridized carbons (Fsp3) is 0.538. The standard InChI is InChI=1S/C13H19N.ClH/c1-4-12(2)9-10-7-5-6-8-11(10)13(12,3)14;/h5-8H,4,9,14H2,1-3H3;1H/t12-,13+;/m0./s1. The van der Waals surface area contributed by atoms with Gasteiger partial charge in [-0.05, 0) is 36.3 Å². The van der Waals surface area contributed by atoms with Gasteiger partial charge in [-0.2, -0.15) is 0 Å². The Hall–Kier alpha value is -0.530. The minimum atomic E-state index is -0.168. The Balaban J connectivity index is 0.00000112. The molecule has 0 aromatic heterocycles. The second-order valence-electron chi connectivity index (χ2n) is 4.95. The quantitative estimate of drug-likeness (QED) is 0.780. The van der Waals surface area contributed by atoms with Gasteiger partial charge in [0.25, 0.3) is 0 Å². The van der Waals surface area contributed by atoms with Crippen LogP contribution in [0.1, 0.15) is 38.3 Å². The molecule has 2 N–H and O–H groups in total. The van der Waals surface area contributed by atoms with Crippen molar-refractivity contribution in [2.24, 2.45) is 11.1 Å². The molecule has 0 bridgehead atoms. The van der Waals surface area contributed by atoms with E-state index in [4.69, 9.17) is 5.73 Å². The summed E-state index contributed by atoms with van der Waals surface area (Å²) in [7, 11) is 0. The molecular weight excluding hydrogens is 206 g/mol. The maximum atomic E-state index is 6.48. The predicted molar refractivity (Wildman–Crippen MR) is 67.3 cm³/mol. The van der Waals surface area contributed by atoms with E-state index in [1.165, 1.54) is 11.1 Å². The van der Waals surface area contributed by atoms with Crippen LogP contribution in [0.25, 0.3) is 0 Å². The number of benzene rings is 1. The van der Waals surface area contributed by atoms with Gasteiger partial charge in [0.05, 0.1) is 0 Å². The fourth-order valence-electron chi connectivity index (χ4n) is 2.60. The van der Waals surface area contributed by atoms with E-state index in [-0.39, 0.29) is 23.4 Å². The first-order valence-electron chi connectivity index (χ1n) is 5.38. The summed E-state index contributed by atoms with van der Waals surface area (Å²) >= 11 is 0. The van der Waals surface area contributed by atoms with Crippen molar-refractivity contribution < 1.29 is 0 Å². The molecule has 1 aromatic carbocycles. The van der Waals surface area contributed by atoms with E-state index >= 15 is 0 Å². The smallest absolute Gasteiger partial charge is 0.0441 e. The van der Waals surface area contributed by atoms with E-state index in [0.717, 1.165) is 12.8 Å². The van der Waals surface area contributed by atoms with Gasteiger partial charge in [0, 0.05) is 5.54 Å². The molecular formula is C13H20ClN. The molecule has 0 aliphatic heterocycles. The molecule has 0 spiro atoms. The molecule has 0 unspecified atom stereocenters. The van der Waals surface area contributed by atoms with Gasteiger partial charge in [-0.25, -0.2) is 0 Å². The van der Waals surface area contributed by atoms with E-state index in [1.807, 2.05) is 0 Å². The molecule has 2 rings (SSSR count). The lowest BCUT2D eigenvalue weighted by Gasteiger charge is -2.38. The van der Waals surface area contributed by atoms with Gasteiger partial charge in [0.2, 0.25) is 0 Å². The summed E-state index contributed by atoms with van der Waals surface area (Å²) < 4.78 is 0. The monoisotopic (exact) mass is 225 g/mol. The molecule has 0 amide bonds. The highest BCUT2D eigenvalue weighted by molar-refractivity contribution is 5.85. The zero-order valence-electron chi connectivity index (χ0n) is 9.71. The molecule has 1 nitrogen and oxygen atoms in total. The first-order valence-corrected chi connectivity index (χ1v) is 5.38. The first-order chi connectivity index (χ1) is 6.51. The molecule has 0 heterocycles. The highest BCUT2D eigenvalue weighted by Gasteiger charge is 2.47. The molecule has 0 saturated heterocycles. The number of nitrogens with two attached hydrogens (primary N) is 1. The molecule has 0 radical (unpaired) electrons. The van der Waals surface area contributed by atoms with Crippen molar-refractivity contribution in [1.29, 1.82) is 0 Å². The summed E-state index contributed by atoms with van der Waals surface area (Å²) in [5.41, 5.74) is 9.30. The molecule has 0 saturated carbocycles. The van der Waals surface area contributed by atoms with Crippen molar-refractivity contribution in [2.45, 2.75) is 39.2 Å². The maximum Gasteiger partial charge on any atom is 0.0441 e. The average Bonchev–Trinajstić information content (AvgIpc) is 2.37. The third-order valence-electron chi connectivity index (χ3n) is 4.19. The molecule has 0 fully saturated rings. The molecule has 2 heteroatoms. The second kappa shape index (κ2) is 3.80. The molecule has 15 heavy (non-hydrogen) atoms. The van der Waals surface area contributed by atoms with Crippen molar-refractivity contribution in [1.82, 2.24) is 0 Å². The third kappa shape index (κ3) is 1.58. The number of rotatable bonds is 1. The van der Waals surface area contributed by atoms with Gasteiger partial charge in [0.1, 0.15) is 0 Å². The Morgan fingerprint density at radius 2 is 1.87 bits per heavy atom. The van der Waals surface area contributed by atoms with E-state index in [9.17, 15) is 0 Å². The lowest BCUT2D eigenvalue weighted by atomic mass is 9.71. The summed E-state index contributed by atoms with van der Waals surface area (Å²) in [6.07, 6.45) is 2.25. The average molecular weight is 226 g/mol. The minimum Gasteiger partial charge on any atom is -0.321 e. The van der Waals surface area contributed by atoms with Crippen LogP contribution in [-0.4, -0.2) is 0 Å². The van der Waals surface area contributed by atoms with Crippen LogP contribution in [0.4, 0.5) is 0 Å². The second-order valence-corrected chi connectivity index (χ2v) is 4.95. The molecule has 1 aliphatic rings. The Kier molecular flexibility index (Phi) is 3.18. The number of hydrogen-bond acceptors (Lipinski definition) is 1. The summed E-state index contributed by atoms with van der Waals surface area (Å²) in [6, 6.07) is 8.58. The molecule has 1 aromatic rings. The SMILES string of the molecule is CC[C@@]1(C)Cc2ccccc2[C@@]1(C)N.Cl. The maximum absolute atomic E-state index is 6.48. The lowest BCUT2D eigenvalue weighted by Crippen LogP contribution is -2.45. The molecule has 84 valence electrons. The van der Waals surface area contributed by atoms with Crippen LogP contribution in [0.5, 0.6) is 0 Å². The number of fused-ring (bicyclic) bond motifs is 1. The van der Waals surface area contributed by atoms with Crippen molar-refractivity contribution in [3.63, 3.8) is 0 Å². The van der Waals surface area contributed by atoms with Gasteiger partial charge < -0.3 is 5.73 Å². The van der Waals surface area contributed by atoms with Crippen molar-refractivity contribution in [3.05, 3.63) is 35.4 Å². The Labute approximate surface area is 98.5 Å². The number of hydrogen-bond donors (Lipinski definition) is 1. The van der Waals surface area contributed by atoms with Crippen LogP contribution < -0.4 is 5.73 Å². The Morgan fingerprint density at radius 3 is 2.40 bits per heavy atom. The van der Waals surface area contributed by atoms with E-state index in [0.29, 0.717) is 0 Å². The zero-order valence-corrected chi connectivity index (χ0v) is 10.5. The van der Waals surface area contributed by atoms with Gasteiger partial charge >= 0.3 is 0 Å². The van der Waals surface area contributed by atoms with Gasteiger partial charge in [-0.1, -0.05) is 38.1 Å². The molecule has 2 atom stereocenters. The normalized spacial score (nSPS) is 33.3. The van der Waals surface area contributed by atoms with Crippen molar-refractivity contribution in [3.8, 4) is 0 Å². The van der Waals surface area contributed by atoms with Crippen LogP contribution in [0.15, 0.2) is 24.3 Å². The van der Waals surface area contributed by atoms with Crippen molar-refractivity contribution >= 4 is 12.4 Å². The highest BCUT2D eigenvalue weighted by atomic mass is 35.5. The van der Waals surface area contributed by atoms with E-state index < -0.39 is 0 Å². The van der Waals surface area contributed by atoms with E-state index in [2.05, 4.69) is 45.0 Å². The van der Waals surface area contributed by atoms with Gasteiger partial charge in [0.15, 0.2) is 0 Å². The predicted octanol–water partition coefficient (Wildman–Crippen LogP) is 3.25. The van der Waals surface area contributed by atoms with Gasteiger partial charge in [-0.15, -0.1) is 12.4 Å². The van der Waals surface area contributed by atoms with Gasteiger partial charge in [-0.3, -0.25) is 0 Å². The number of halogens is 1. The summed E-state index contributed by atoms with van der Waals surface area (Å²) in [4.78, 5) is 0. The largest absolute Gasteiger partial charge is 0.321 e. The fourth-order valence-corrected chi connectivity index (χ4v) is 2.60. The summed E-state index contributed by atoms with van der Waals surface area (Å²) in [6.45, 7) is 6.70. The third-order valence-corrected chi connectivity index (χ3v) is 4.19. The zero-order chi connectivity index (χ0) is 10.4. The van der Waals surface area contributed by atoms with E-state index in [1.54, 1.807) is 0 Å². The van der Waals surface area contributed by atoms with Crippen LogP contribution in [0.3, 0.4) is 0 Å². The van der Waals surface area contributed by atoms with Crippen LogP contribution >= 0.6 is 12.4 Å². The Bertz CT molecular complexity index is 359. The summed E-state index contributed by atoms with van der Waals surface area (Å²) in [5, 5.41) is 0. The van der Waals surface area contributed by atoms with Crippen LogP contribution in [0.2, 0.25) is 0 Å².